The van der Waals surface area contributed by atoms with Crippen molar-refractivity contribution >= 4 is 22.5 Å². The van der Waals surface area contributed by atoms with E-state index >= 15 is 0 Å². The van der Waals surface area contributed by atoms with E-state index < -0.39 is 12.6 Å². The maximum absolute atomic E-state index is 13.0. The third kappa shape index (κ3) is 5.32. The summed E-state index contributed by atoms with van der Waals surface area (Å²) < 4.78 is 14.2. The topological polar surface area (TPSA) is 96.3 Å². The maximum atomic E-state index is 13.0. The summed E-state index contributed by atoms with van der Waals surface area (Å²) in [6.45, 7) is 6.40. The van der Waals surface area contributed by atoms with Gasteiger partial charge in [-0.25, -0.2) is 9.48 Å². The van der Waals surface area contributed by atoms with E-state index in [1.807, 2.05) is 30.5 Å². The average Bonchev–Trinajstić information content (AvgIpc) is 3.50. The molecule has 4 rings (SSSR count). The summed E-state index contributed by atoms with van der Waals surface area (Å²) in [4.78, 5) is 38.9. The number of rotatable bonds is 11. The van der Waals surface area contributed by atoms with E-state index in [4.69, 9.17) is 9.15 Å². The molecule has 0 saturated carbocycles. The van der Waals surface area contributed by atoms with Crippen molar-refractivity contribution in [3.05, 3.63) is 87.5 Å². The van der Waals surface area contributed by atoms with Gasteiger partial charge in [-0.2, -0.15) is 5.10 Å². The first-order chi connectivity index (χ1) is 17.4. The molecule has 4 aromatic rings. The lowest BCUT2D eigenvalue weighted by molar-refractivity contribution is 0.0468. The van der Waals surface area contributed by atoms with Gasteiger partial charge in [-0.1, -0.05) is 44.4 Å². The van der Waals surface area contributed by atoms with Gasteiger partial charge in [0.15, 0.2) is 12.3 Å². The summed E-state index contributed by atoms with van der Waals surface area (Å²) in [5, 5.41) is 5.15. The predicted molar refractivity (Wildman–Crippen MR) is 136 cm³/mol. The molecule has 8 heteroatoms. The van der Waals surface area contributed by atoms with E-state index in [1.54, 1.807) is 36.6 Å². The molecule has 36 heavy (non-hydrogen) atoms. The van der Waals surface area contributed by atoms with Crippen LogP contribution in [0.2, 0.25) is 0 Å². The van der Waals surface area contributed by atoms with Gasteiger partial charge in [-0.15, -0.1) is 0 Å². The molecule has 0 unspecified atom stereocenters. The van der Waals surface area contributed by atoms with Crippen LogP contribution in [0.5, 0.6) is 0 Å². The number of carbonyl (C=O) groups is 2. The van der Waals surface area contributed by atoms with E-state index in [1.165, 1.54) is 4.68 Å². The van der Waals surface area contributed by atoms with Crippen LogP contribution in [0, 0.1) is 13.8 Å². The number of unbranched alkanes of at least 4 members (excludes halogenated alkanes) is 3. The molecule has 188 valence electrons. The quantitative estimate of drug-likeness (QED) is 0.166. The standard InChI is InChI=1S/C28H31N3O5/c1-4-5-6-9-14-31-27(33)23-13-8-7-12-22(23)26(29-31)28(34)36-18-25(32)24-16-19(2)30(20(24)3)17-21-11-10-15-35-21/h7-8,10-13,15-16H,4-6,9,14,17-18H2,1-3H3. The SMILES string of the molecule is CCCCCCn1nc(C(=O)OCC(=O)c2cc(C)n(Cc3ccco3)c2C)c2ccccc2c1=O. The lowest BCUT2D eigenvalue weighted by Gasteiger charge is -2.11. The van der Waals surface area contributed by atoms with Gasteiger partial charge in [-0.05, 0) is 44.5 Å². The number of benzene rings is 1. The first-order valence-electron chi connectivity index (χ1n) is 12.3. The van der Waals surface area contributed by atoms with Crippen LogP contribution in [0.4, 0.5) is 0 Å². The molecule has 0 amide bonds. The molecule has 1 aromatic carbocycles. The number of aromatic nitrogens is 3. The van der Waals surface area contributed by atoms with E-state index in [0.717, 1.165) is 42.8 Å². The van der Waals surface area contributed by atoms with Gasteiger partial charge in [0.2, 0.25) is 5.78 Å². The van der Waals surface area contributed by atoms with Crippen molar-refractivity contribution in [2.45, 2.75) is 59.5 Å². The fourth-order valence-corrected chi connectivity index (χ4v) is 4.39. The zero-order valence-corrected chi connectivity index (χ0v) is 21.0. The number of fused-ring (bicyclic) bond motifs is 1. The van der Waals surface area contributed by atoms with Gasteiger partial charge >= 0.3 is 5.97 Å². The maximum Gasteiger partial charge on any atom is 0.359 e. The molecule has 0 radical (unpaired) electrons. The predicted octanol–water partition coefficient (Wildman–Crippen LogP) is 5.08. The number of ether oxygens (including phenoxy) is 1. The molecule has 8 nitrogen and oxygen atoms in total. The number of ketones is 1. The largest absolute Gasteiger partial charge is 0.467 e. The summed E-state index contributed by atoms with van der Waals surface area (Å²) in [6.07, 6.45) is 5.53. The molecule has 0 spiro atoms. The lowest BCUT2D eigenvalue weighted by atomic mass is 10.1. The smallest absolute Gasteiger partial charge is 0.359 e. The van der Waals surface area contributed by atoms with Crippen molar-refractivity contribution in [1.29, 1.82) is 0 Å². The Labute approximate surface area is 209 Å². The van der Waals surface area contributed by atoms with Crippen LogP contribution >= 0.6 is 0 Å². The minimum absolute atomic E-state index is 0.0387. The zero-order chi connectivity index (χ0) is 25.7. The molecule has 0 aliphatic carbocycles. The van der Waals surface area contributed by atoms with Gasteiger partial charge in [0, 0.05) is 28.9 Å². The van der Waals surface area contributed by atoms with Crippen LogP contribution in [0.15, 0.2) is 57.9 Å². The second kappa shape index (κ2) is 11.2. The Morgan fingerprint density at radius 3 is 2.53 bits per heavy atom. The van der Waals surface area contributed by atoms with Gasteiger partial charge in [0.05, 0.1) is 18.2 Å². The summed E-state index contributed by atoms with van der Waals surface area (Å²) in [5.41, 5.74) is 1.97. The molecule has 0 atom stereocenters. The molecule has 0 fully saturated rings. The molecule has 0 saturated heterocycles. The second-order valence-electron chi connectivity index (χ2n) is 8.93. The van der Waals surface area contributed by atoms with E-state index in [0.29, 0.717) is 29.4 Å². The number of Topliss-reactive ketones (excluding diaryl/α,β-unsaturated/α-hetero) is 1. The third-order valence-electron chi connectivity index (χ3n) is 6.39. The highest BCUT2D eigenvalue weighted by molar-refractivity contribution is 6.04. The fourth-order valence-electron chi connectivity index (χ4n) is 4.39. The fraction of sp³-hybridized carbons (Fsp3) is 0.357. The van der Waals surface area contributed by atoms with Crippen molar-refractivity contribution in [3.8, 4) is 0 Å². The summed E-state index contributed by atoms with van der Waals surface area (Å²) >= 11 is 0. The summed E-state index contributed by atoms with van der Waals surface area (Å²) in [6, 6.07) is 12.3. The van der Waals surface area contributed by atoms with Gasteiger partial charge in [0.25, 0.3) is 5.56 Å². The molecular formula is C28H31N3O5. The number of aryl methyl sites for hydroxylation is 2. The Morgan fingerprint density at radius 2 is 1.81 bits per heavy atom. The highest BCUT2D eigenvalue weighted by Crippen LogP contribution is 2.19. The van der Waals surface area contributed by atoms with Gasteiger partial charge in [-0.3, -0.25) is 9.59 Å². The Kier molecular flexibility index (Phi) is 7.83. The minimum Gasteiger partial charge on any atom is -0.467 e. The Morgan fingerprint density at radius 1 is 1.03 bits per heavy atom. The molecule has 0 aliphatic heterocycles. The first kappa shape index (κ1) is 25.2. The second-order valence-corrected chi connectivity index (χ2v) is 8.93. The van der Waals surface area contributed by atoms with E-state index in [9.17, 15) is 14.4 Å². The van der Waals surface area contributed by atoms with Crippen molar-refractivity contribution < 1.29 is 18.7 Å². The Balaban J connectivity index is 1.52. The average molecular weight is 490 g/mol. The van der Waals surface area contributed by atoms with E-state index in [-0.39, 0.29) is 17.0 Å². The van der Waals surface area contributed by atoms with Crippen LogP contribution < -0.4 is 5.56 Å². The Bertz CT molecular complexity index is 1430. The van der Waals surface area contributed by atoms with Gasteiger partial charge < -0.3 is 13.7 Å². The highest BCUT2D eigenvalue weighted by atomic mass is 16.5. The first-order valence-corrected chi connectivity index (χ1v) is 12.3. The molecule has 3 aromatic heterocycles. The highest BCUT2D eigenvalue weighted by Gasteiger charge is 2.21. The van der Waals surface area contributed by atoms with Crippen molar-refractivity contribution in [2.24, 2.45) is 0 Å². The third-order valence-corrected chi connectivity index (χ3v) is 6.39. The van der Waals surface area contributed by atoms with Crippen LogP contribution in [0.3, 0.4) is 0 Å². The van der Waals surface area contributed by atoms with Crippen LogP contribution in [-0.2, 0) is 17.8 Å². The zero-order valence-electron chi connectivity index (χ0n) is 21.0. The number of nitrogens with zero attached hydrogens (tertiary/aromatic N) is 3. The van der Waals surface area contributed by atoms with Crippen molar-refractivity contribution in [3.63, 3.8) is 0 Å². The molecule has 0 aliphatic rings. The molecule has 0 N–H and O–H groups in total. The number of esters is 1. The number of carbonyl (C=O) groups excluding carboxylic acids is 2. The van der Waals surface area contributed by atoms with Crippen LogP contribution in [0.1, 0.15) is 70.6 Å². The molecular weight excluding hydrogens is 458 g/mol. The lowest BCUT2D eigenvalue weighted by Crippen LogP contribution is -2.27. The Hall–Kier alpha value is -3.94. The molecule has 3 heterocycles. The molecule has 0 bridgehead atoms. The monoisotopic (exact) mass is 489 g/mol. The van der Waals surface area contributed by atoms with Crippen LogP contribution in [-0.4, -0.2) is 32.7 Å². The van der Waals surface area contributed by atoms with Crippen molar-refractivity contribution in [2.75, 3.05) is 6.61 Å². The normalized spacial score (nSPS) is 11.2. The van der Waals surface area contributed by atoms with Gasteiger partial charge in [0.1, 0.15) is 5.76 Å². The summed E-state index contributed by atoms with van der Waals surface area (Å²) in [7, 11) is 0. The van der Waals surface area contributed by atoms with Crippen LogP contribution in [0.25, 0.3) is 10.8 Å². The number of hydrogen-bond acceptors (Lipinski definition) is 6. The number of hydrogen-bond donors (Lipinski definition) is 0. The summed E-state index contributed by atoms with van der Waals surface area (Å²) in [5.74, 6) is -0.254. The van der Waals surface area contributed by atoms with E-state index in [2.05, 4.69) is 12.0 Å². The van der Waals surface area contributed by atoms with Crippen molar-refractivity contribution in [1.82, 2.24) is 14.3 Å². The minimum atomic E-state index is -0.730. The number of furan rings is 1.